The minimum absolute atomic E-state index is 0.117. The Balaban J connectivity index is 2.41. The van der Waals surface area contributed by atoms with E-state index >= 15 is 0 Å². The number of carboxylic acids is 1. The molecule has 0 aliphatic carbocycles. The number of carbonyl (C=O) groups excluding carboxylic acids is 1. The van der Waals surface area contributed by atoms with Crippen LogP contribution in [0.25, 0.3) is 6.08 Å². The Morgan fingerprint density at radius 2 is 2.27 bits per heavy atom. The van der Waals surface area contributed by atoms with E-state index in [0.29, 0.717) is 0 Å². The Kier molecular flexibility index (Phi) is 4.73. The van der Waals surface area contributed by atoms with Crippen LogP contribution in [0.1, 0.15) is 5.56 Å². The average Bonchev–Trinajstić information content (AvgIpc) is 2.75. The van der Waals surface area contributed by atoms with E-state index in [9.17, 15) is 19.7 Å². The highest BCUT2D eigenvalue weighted by Crippen LogP contribution is 2.31. The second-order valence-electron chi connectivity index (χ2n) is 4.01. The molecule has 2 rings (SSSR count). The number of nitro groups is 1. The standard InChI is InChI=1S/C12H8N2O6S2/c15-10(16)5-20-8-2-1-7(14(18)19)3-6(8)4-9-11(17)13-12(21)22-9/h1-4H,5H2,(H,15,16)(H,13,17,21). The van der Waals surface area contributed by atoms with Crippen molar-refractivity contribution < 1.29 is 24.4 Å². The van der Waals surface area contributed by atoms with E-state index < -0.39 is 23.4 Å². The van der Waals surface area contributed by atoms with Gasteiger partial charge < -0.3 is 15.2 Å². The summed E-state index contributed by atoms with van der Waals surface area (Å²) in [5.41, 5.74) is 0.0123. The van der Waals surface area contributed by atoms with E-state index in [2.05, 4.69) is 5.32 Å². The Morgan fingerprint density at radius 1 is 1.55 bits per heavy atom. The Hall–Kier alpha value is -2.46. The summed E-state index contributed by atoms with van der Waals surface area (Å²) in [6.07, 6.45) is 1.36. The summed E-state index contributed by atoms with van der Waals surface area (Å²) in [5.74, 6) is -1.50. The van der Waals surface area contributed by atoms with E-state index in [-0.39, 0.29) is 26.2 Å². The second-order valence-corrected chi connectivity index (χ2v) is 5.73. The van der Waals surface area contributed by atoms with Crippen LogP contribution in [0.2, 0.25) is 0 Å². The lowest BCUT2D eigenvalue weighted by molar-refractivity contribution is -0.384. The SMILES string of the molecule is O=C(O)COc1ccc([N+](=O)[O-])cc1C=C1SC(=S)NC1=O. The first-order chi connectivity index (χ1) is 10.4. The molecule has 0 aromatic heterocycles. The van der Waals surface area contributed by atoms with E-state index in [0.717, 1.165) is 11.8 Å². The van der Waals surface area contributed by atoms with Gasteiger partial charge in [-0.2, -0.15) is 0 Å². The Bertz CT molecular complexity index is 716. The number of nitrogens with one attached hydrogen (secondary N) is 1. The highest BCUT2D eigenvalue weighted by molar-refractivity contribution is 8.26. The van der Waals surface area contributed by atoms with Gasteiger partial charge in [-0.1, -0.05) is 24.0 Å². The molecule has 1 fully saturated rings. The van der Waals surface area contributed by atoms with Gasteiger partial charge in [-0.05, 0) is 12.1 Å². The molecule has 8 nitrogen and oxygen atoms in total. The molecule has 0 bridgehead atoms. The van der Waals surface area contributed by atoms with Crippen LogP contribution in [0.4, 0.5) is 5.69 Å². The third-order valence-electron chi connectivity index (χ3n) is 2.48. The molecular weight excluding hydrogens is 332 g/mol. The van der Waals surface area contributed by atoms with Gasteiger partial charge >= 0.3 is 5.97 Å². The minimum Gasteiger partial charge on any atom is -0.481 e. The molecule has 1 aliphatic heterocycles. The maximum atomic E-state index is 11.6. The molecule has 0 spiro atoms. The van der Waals surface area contributed by atoms with E-state index in [1.807, 2.05) is 0 Å². The van der Waals surface area contributed by atoms with Crippen molar-refractivity contribution in [2.45, 2.75) is 0 Å². The van der Waals surface area contributed by atoms with Gasteiger partial charge in [-0.15, -0.1) is 0 Å². The fourth-order valence-electron chi connectivity index (χ4n) is 1.60. The number of ether oxygens (including phenoxy) is 1. The average molecular weight is 340 g/mol. The number of benzene rings is 1. The Labute approximate surface area is 133 Å². The number of nitro benzene ring substituents is 1. The van der Waals surface area contributed by atoms with Gasteiger partial charge in [0.25, 0.3) is 11.6 Å². The zero-order valence-corrected chi connectivity index (χ0v) is 12.4. The molecule has 22 heavy (non-hydrogen) atoms. The van der Waals surface area contributed by atoms with Crippen molar-refractivity contribution in [2.24, 2.45) is 0 Å². The summed E-state index contributed by atoms with van der Waals surface area (Å²) in [6, 6.07) is 3.66. The van der Waals surface area contributed by atoms with Gasteiger partial charge in [0.05, 0.1) is 9.83 Å². The first-order valence-electron chi connectivity index (χ1n) is 5.74. The zero-order chi connectivity index (χ0) is 16.3. The number of amides is 1. The number of hydrogen-bond acceptors (Lipinski definition) is 7. The third kappa shape index (κ3) is 3.80. The van der Waals surface area contributed by atoms with Gasteiger partial charge in [0.2, 0.25) is 0 Å². The molecule has 1 aliphatic rings. The molecule has 2 N–H and O–H groups in total. The topological polar surface area (TPSA) is 119 Å². The first-order valence-corrected chi connectivity index (χ1v) is 6.97. The van der Waals surface area contributed by atoms with Gasteiger partial charge in [0, 0.05) is 17.7 Å². The molecule has 0 atom stereocenters. The largest absolute Gasteiger partial charge is 0.481 e. The second kappa shape index (κ2) is 6.54. The summed E-state index contributed by atoms with van der Waals surface area (Å²) >= 11 is 5.85. The van der Waals surface area contributed by atoms with Crippen LogP contribution < -0.4 is 10.1 Å². The molecule has 1 heterocycles. The molecule has 1 amide bonds. The number of aliphatic carboxylic acids is 1. The normalized spacial score (nSPS) is 15.7. The number of rotatable bonds is 5. The van der Waals surface area contributed by atoms with Crippen LogP contribution in [0.3, 0.4) is 0 Å². The van der Waals surface area contributed by atoms with Gasteiger partial charge in [0.15, 0.2) is 6.61 Å². The molecule has 1 saturated heterocycles. The van der Waals surface area contributed by atoms with E-state index in [1.54, 1.807) is 0 Å². The Morgan fingerprint density at radius 3 is 2.82 bits per heavy atom. The summed E-state index contributed by atoms with van der Waals surface area (Å²) < 4.78 is 5.34. The summed E-state index contributed by atoms with van der Waals surface area (Å²) in [7, 11) is 0. The number of nitrogens with zero attached hydrogens (tertiary/aromatic N) is 1. The van der Waals surface area contributed by atoms with Gasteiger partial charge in [-0.3, -0.25) is 14.9 Å². The maximum Gasteiger partial charge on any atom is 0.341 e. The molecular formula is C12H8N2O6S2. The maximum absolute atomic E-state index is 11.6. The third-order valence-corrected chi connectivity index (χ3v) is 3.65. The highest BCUT2D eigenvalue weighted by atomic mass is 32.2. The predicted octanol–water partition coefficient (Wildman–Crippen LogP) is 1.55. The van der Waals surface area contributed by atoms with Crippen molar-refractivity contribution in [3.63, 3.8) is 0 Å². The van der Waals surface area contributed by atoms with Crippen LogP contribution in [-0.2, 0) is 9.59 Å². The molecule has 0 unspecified atom stereocenters. The smallest absolute Gasteiger partial charge is 0.341 e. The molecule has 1 aromatic rings. The molecule has 1 aromatic carbocycles. The number of hydrogen-bond donors (Lipinski definition) is 2. The van der Waals surface area contributed by atoms with E-state index in [1.165, 1.54) is 24.3 Å². The van der Waals surface area contributed by atoms with Crippen molar-refractivity contribution in [2.75, 3.05) is 6.61 Å². The number of thiocarbonyl (C=S) groups is 1. The van der Waals surface area contributed by atoms with Gasteiger partial charge in [0.1, 0.15) is 10.1 Å². The number of non-ortho nitro benzene ring substituents is 1. The quantitative estimate of drug-likeness (QED) is 0.359. The van der Waals surface area contributed by atoms with Crippen molar-refractivity contribution in [1.29, 1.82) is 0 Å². The minimum atomic E-state index is -1.19. The highest BCUT2D eigenvalue weighted by Gasteiger charge is 2.23. The van der Waals surface area contributed by atoms with E-state index in [4.69, 9.17) is 22.1 Å². The molecule has 0 saturated carbocycles. The van der Waals surface area contributed by atoms with Crippen LogP contribution in [0.15, 0.2) is 23.1 Å². The first kappa shape index (κ1) is 15.9. The fraction of sp³-hybridized carbons (Fsp3) is 0.0833. The number of thioether (sulfide) groups is 1. The summed E-state index contributed by atoms with van der Waals surface area (Å²) in [5, 5.41) is 21.9. The number of carboxylic acid groups (broad SMARTS) is 1. The lowest BCUT2D eigenvalue weighted by Gasteiger charge is -2.07. The van der Waals surface area contributed by atoms with Crippen molar-refractivity contribution in [3.8, 4) is 5.75 Å². The van der Waals surface area contributed by atoms with Crippen molar-refractivity contribution in [3.05, 3.63) is 38.8 Å². The predicted molar refractivity (Wildman–Crippen MR) is 82.5 cm³/mol. The molecule has 0 radical (unpaired) electrons. The van der Waals surface area contributed by atoms with Gasteiger partial charge in [-0.25, -0.2) is 4.79 Å². The van der Waals surface area contributed by atoms with Crippen LogP contribution in [-0.4, -0.2) is 32.8 Å². The lowest BCUT2D eigenvalue weighted by Crippen LogP contribution is -2.17. The van der Waals surface area contributed by atoms with Crippen LogP contribution in [0, 0.1) is 10.1 Å². The monoisotopic (exact) mass is 340 g/mol. The van der Waals surface area contributed by atoms with Crippen molar-refractivity contribution >= 4 is 51.9 Å². The molecule has 114 valence electrons. The number of carbonyl (C=O) groups is 2. The fourth-order valence-corrected chi connectivity index (χ4v) is 2.63. The summed E-state index contributed by atoms with van der Waals surface area (Å²) in [4.78, 5) is 32.7. The zero-order valence-electron chi connectivity index (χ0n) is 10.8. The summed E-state index contributed by atoms with van der Waals surface area (Å²) in [6.45, 7) is -0.605. The lowest BCUT2D eigenvalue weighted by atomic mass is 10.1. The van der Waals surface area contributed by atoms with Crippen molar-refractivity contribution in [1.82, 2.24) is 5.32 Å². The molecule has 10 heteroatoms. The van der Waals surface area contributed by atoms with Crippen LogP contribution >= 0.6 is 24.0 Å². The van der Waals surface area contributed by atoms with Crippen LogP contribution in [0.5, 0.6) is 5.75 Å².